The molecular formula is C25H28N2O5S. The van der Waals surface area contributed by atoms with Gasteiger partial charge in [-0.3, -0.25) is 9.10 Å². The van der Waals surface area contributed by atoms with Crippen molar-refractivity contribution in [1.82, 2.24) is 5.32 Å². The molecule has 0 bridgehead atoms. The van der Waals surface area contributed by atoms with Gasteiger partial charge >= 0.3 is 0 Å². The highest BCUT2D eigenvalue weighted by molar-refractivity contribution is 7.92. The van der Waals surface area contributed by atoms with Crippen LogP contribution in [0.15, 0.2) is 83.8 Å². The van der Waals surface area contributed by atoms with E-state index in [2.05, 4.69) is 5.32 Å². The first kappa shape index (κ1) is 24.1. The maximum absolute atomic E-state index is 13.4. The molecule has 1 amide bonds. The van der Waals surface area contributed by atoms with Crippen LogP contribution >= 0.6 is 0 Å². The molecule has 0 aliphatic carbocycles. The Morgan fingerprint density at radius 2 is 1.48 bits per heavy atom. The molecule has 174 valence electrons. The molecule has 3 aromatic carbocycles. The van der Waals surface area contributed by atoms with Crippen LogP contribution in [0.3, 0.4) is 0 Å². The second-order valence-electron chi connectivity index (χ2n) is 7.26. The number of aryl methyl sites for hydroxylation is 1. The third kappa shape index (κ3) is 6.73. The first-order valence-electron chi connectivity index (χ1n) is 10.7. The van der Waals surface area contributed by atoms with Crippen LogP contribution in [0.5, 0.6) is 11.5 Å². The summed E-state index contributed by atoms with van der Waals surface area (Å²) >= 11 is 0. The number of hydrogen-bond acceptors (Lipinski definition) is 5. The molecule has 0 spiro atoms. The van der Waals surface area contributed by atoms with Crippen molar-refractivity contribution in [2.75, 3.05) is 30.6 Å². The summed E-state index contributed by atoms with van der Waals surface area (Å²) in [6, 6.07) is 22.3. The zero-order valence-electron chi connectivity index (χ0n) is 18.7. The maximum atomic E-state index is 13.4. The highest BCUT2D eigenvalue weighted by Crippen LogP contribution is 2.25. The van der Waals surface area contributed by atoms with Gasteiger partial charge in [0.1, 0.15) is 24.7 Å². The highest BCUT2D eigenvalue weighted by atomic mass is 32.2. The van der Waals surface area contributed by atoms with Gasteiger partial charge in [-0.2, -0.15) is 0 Å². The Morgan fingerprint density at radius 3 is 2.12 bits per heavy atom. The van der Waals surface area contributed by atoms with Crippen LogP contribution < -0.4 is 19.1 Å². The third-order valence-electron chi connectivity index (χ3n) is 4.77. The van der Waals surface area contributed by atoms with Crippen molar-refractivity contribution in [3.8, 4) is 11.5 Å². The fourth-order valence-electron chi connectivity index (χ4n) is 3.09. The van der Waals surface area contributed by atoms with Gasteiger partial charge in [-0.05, 0) is 62.4 Å². The average molecular weight is 469 g/mol. The molecular weight excluding hydrogens is 440 g/mol. The van der Waals surface area contributed by atoms with E-state index in [0.29, 0.717) is 23.8 Å². The van der Waals surface area contributed by atoms with Crippen molar-refractivity contribution in [3.63, 3.8) is 0 Å². The van der Waals surface area contributed by atoms with E-state index in [-0.39, 0.29) is 24.6 Å². The maximum Gasteiger partial charge on any atom is 0.264 e. The van der Waals surface area contributed by atoms with E-state index in [0.717, 1.165) is 9.87 Å². The molecule has 0 aromatic heterocycles. The number of nitrogens with zero attached hydrogens (tertiary/aromatic N) is 1. The molecule has 0 fully saturated rings. The Labute approximate surface area is 195 Å². The van der Waals surface area contributed by atoms with Crippen LogP contribution in [-0.2, 0) is 14.8 Å². The van der Waals surface area contributed by atoms with E-state index in [1.165, 1.54) is 12.1 Å². The van der Waals surface area contributed by atoms with Gasteiger partial charge in [0.2, 0.25) is 5.91 Å². The Hall–Kier alpha value is -3.52. The third-order valence-corrected chi connectivity index (χ3v) is 6.56. The standard InChI is InChI=1S/C25H28N2O5S/c1-3-31-22-13-15-24(16-14-22)33(29,30)27(21-7-5-4-6-8-21)19-25(28)26-17-18-32-23-11-9-20(2)10-12-23/h4-16H,3,17-19H2,1-2H3,(H,26,28). The van der Waals surface area contributed by atoms with Crippen LogP contribution in [0.2, 0.25) is 0 Å². The number of para-hydroxylation sites is 1. The molecule has 0 saturated heterocycles. The SMILES string of the molecule is CCOc1ccc(S(=O)(=O)N(CC(=O)NCCOc2ccc(C)cc2)c2ccccc2)cc1. The summed E-state index contributed by atoms with van der Waals surface area (Å²) in [5.74, 6) is 0.855. The Balaban J connectivity index is 1.67. The number of hydrogen-bond donors (Lipinski definition) is 1. The van der Waals surface area contributed by atoms with Crippen molar-refractivity contribution in [1.29, 1.82) is 0 Å². The molecule has 0 aliphatic heterocycles. The number of carbonyl (C=O) groups excluding carboxylic acids is 1. The fourth-order valence-corrected chi connectivity index (χ4v) is 4.51. The van der Waals surface area contributed by atoms with Crippen molar-refractivity contribution < 1.29 is 22.7 Å². The molecule has 0 unspecified atom stereocenters. The summed E-state index contributed by atoms with van der Waals surface area (Å²) in [7, 11) is -3.97. The highest BCUT2D eigenvalue weighted by Gasteiger charge is 2.27. The number of benzene rings is 3. The number of amides is 1. The Morgan fingerprint density at radius 1 is 0.879 bits per heavy atom. The number of nitrogens with one attached hydrogen (secondary N) is 1. The van der Waals surface area contributed by atoms with E-state index in [1.807, 2.05) is 38.1 Å². The van der Waals surface area contributed by atoms with E-state index >= 15 is 0 Å². The van der Waals surface area contributed by atoms with Crippen molar-refractivity contribution in [2.24, 2.45) is 0 Å². The van der Waals surface area contributed by atoms with Gasteiger partial charge < -0.3 is 14.8 Å². The lowest BCUT2D eigenvalue weighted by Gasteiger charge is -2.24. The summed E-state index contributed by atoms with van der Waals surface area (Å²) in [6.07, 6.45) is 0. The number of ether oxygens (including phenoxy) is 2. The van der Waals surface area contributed by atoms with Gasteiger partial charge in [-0.25, -0.2) is 8.42 Å². The first-order valence-corrected chi connectivity index (χ1v) is 12.1. The zero-order valence-corrected chi connectivity index (χ0v) is 19.5. The Kier molecular flexibility index (Phi) is 8.32. The monoisotopic (exact) mass is 468 g/mol. The minimum atomic E-state index is -3.97. The van der Waals surface area contributed by atoms with E-state index in [4.69, 9.17) is 9.47 Å². The molecule has 0 saturated carbocycles. The van der Waals surface area contributed by atoms with Crippen LogP contribution in [0.1, 0.15) is 12.5 Å². The molecule has 0 aliphatic rings. The van der Waals surface area contributed by atoms with Gasteiger partial charge in [0.05, 0.1) is 23.7 Å². The van der Waals surface area contributed by atoms with Gasteiger partial charge in [0.15, 0.2) is 0 Å². The topological polar surface area (TPSA) is 84.9 Å². The molecule has 0 radical (unpaired) electrons. The second kappa shape index (κ2) is 11.4. The van der Waals surface area contributed by atoms with Crippen molar-refractivity contribution in [2.45, 2.75) is 18.7 Å². The molecule has 8 heteroatoms. The normalized spacial score (nSPS) is 11.0. The fraction of sp³-hybridized carbons (Fsp3) is 0.240. The second-order valence-corrected chi connectivity index (χ2v) is 9.13. The summed E-state index contributed by atoms with van der Waals surface area (Å²) in [4.78, 5) is 12.7. The molecule has 33 heavy (non-hydrogen) atoms. The lowest BCUT2D eigenvalue weighted by Crippen LogP contribution is -2.41. The predicted molar refractivity (Wildman–Crippen MR) is 128 cm³/mol. The van der Waals surface area contributed by atoms with Gasteiger partial charge in [-0.15, -0.1) is 0 Å². The Bertz CT molecular complexity index is 1130. The minimum absolute atomic E-state index is 0.0744. The number of anilines is 1. The molecule has 7 nitrogen and oxygen atoms in total. The lowest BCUT2D eigenvalue weighted by atomic mass is 10.2. The van der Waals surface area contributed by atoms with Gasteiger partial charge in [-0.1, -0.05) is 35.9 Å². The largest absolute Gasteiger partial charge is 0.494 e. The van der Waals surface area contributed by atoms with Crippen molar-refractivity contribution in [3.05, 3.63) is 84.4 Å². The van der Waals surface area contributed by atoms with Crippen LogP contribution in [0.4, 0.5) is 5.69 Å². The number of rotatable bonds is 11. The molecule has 1 N–H and O–H groups in total. The van der Waals surface area contributed by atoms with Gasteiger partial charge in [0, 0.05) is 0 Å². The molecule has 0 heterocycles. The quantitative estimate of drug-likeness (QED) is 0.433. The van der Waals surface area contributed by atoms with Crippen LogP contribution in [0, 0.1) is 6.92 Å². The first-order chi connectivity index (χ1) is 15.9. The number of carbonyl (C=O) groups is 1. The van der Waals surface area contributed by atoms with Crippen LogP contribution in [0.25, 0.3) is 0 Å². The van der Waals surface area contributed by atoms with Crippen LogP contribution in [-0.4, -0.2) is 40.6 Å². The van der Waals surface area contributed by atoms with Crippen molar-refractivity contribution >= 4 is 21.6 Å². The zero-order chi connectivity index (χ0) is 23.7. The van der Waals surface area contributed by atoms with Gasteiger partial charge in [0.25, 0.3) is 10.0 Å². The van der Waals surface area contributed by atoms with E-state index in [9.17, 15) is 13.2 Å². The summed E-state index contributed by atoms with van der Waals surface area (Å²) in [5.41, 5.74) is 1.53. The molecule has 3 aromatic rings. The average Bonchev–Trinajstić information content (AvgIpc) is 2.82. The molecule has 0 atom stereocenters. The number of sulfonamides is 1. The predicted octanol–water partition coefficient (Wildman–Crippen LogP) is 3.78. The van der Waals surface area contributed by atoms with E-state index in [1.54, 1.807) is 42.5 Å². The molecule has 3 rings (SSSR count). The summed E-state index contributed by atoms with van der Waals surface area (Å²) in [6.45, 7) is 4.49. The lowest BCUT2D eigenvalue weighted by molar-refractivity contribution is -0.119. The minimum Gasteiger partial charge on any atom is -0.494 e. The van der Waals surface area contributed by atoms with E-state index < -0.39 is 15.9 Å². The smallest absolute Gasteiger partial charge is 0.264 e. The summed E-state index contributed by atoms with van der Waals surface area (Å²) < 4.78 is 38.8. The summed E-state index contributed by atoms with van der Waals surface area (Å²) in [5, 5.41) is 2.72.